The molecule has 0 heterocycles. The number of unbranched alkanes of at least 4 members (excludes halogenated alkanes) is 4. The second-order valence-corrected chi connectivity index (χ2v) is 3.51. The van der Waals surface area contributed by atoms with Gasteiger partial charge in [0.2, 0.25) is 0 Å². The minimum absolute atomic E-state index is 1.10. The Morgan fingerprint density at radius 3 is 2.29 bits per heavy atom. The molecule has 0 atom stereocenters. The van der Waals surface area contributed by atoms with Crippen LogP contribution in [0.15, 0.2) is 37.0 Å². The third-order valence-electron chi connectivity index (χ3n) is 2.12. The minimum atomic E-state index is 1.10. The number of allylic oxidation sites excluding steroid dienone is 5. The van der Waals surface area contributed by atoms with E-state index in [0.29, 0.717) is 0 Å². The van der Waals surface area contributed by atoms with Gasteiger partial charge in [0.1, 0.15) is 0 Å². The van der Waals surface area contributed by atoms with Gasteiger partial charge in [-0.3, -0.25) is 0 Å². The predicted molar refractivity (Wildman–Crippen MR) is 66.5 cm³/mol. The van der Waals surface area contributed by atoms with Crippen molar-refractivity contribution in [1.29, 1.82) is 0 Å². The van der Waals surface area contributed by atoms with E-state index in [9.17, 15) is 0 Å². The highest BCUT2D eigenvalue weighted by molar-refractivity contribution is 4.92. The van der Waals surface area contributed by atoms with Gasteiger partial charge in [0.15, 0.2) is 0 Å². The van der Waals surface area contributed by atoms with Crippen molar-refractivity contribution >= 4 is 0 Å². The molecule has 0 unspecified atom stereocenters. The van der Waals surface area contributed by atoms with E-state index in [1.54, 1.807) is 0 Å². The van der Waals surface area contributed by atoms with E-state index in [4.69, 9.17) is 0 Å². The third-order valence-corrected chi connectivity index (χ3v) is 2.12. The van der Waals surface area contributed by atoms with E-state index in [1.165, 1.54) is 32.1 Å². The molecule has 0 saturated carbocycles. The lowest BCUT2D eigenvalue weighted by molar-refractivity contribution is 0.696. The quantitative estimate of drug-likeness (QED) is 0.355. The van der Waals surface area contributed by atoms with Gasteiger partial charge >= 0.3 is 0 Å². The van der Waals surface area contributed by atoms with Crippen molar-refractivity contribution in [3.63, 3.8) is 0 Å². The molecule has 0 spiro atoms. The van der Waals surface area contributed by atoms with Crippen molar-refractivity contribution in [3.05, 3.63) is 37.0 Å². The van der Waals surface area contributed by atoms with Crippen LogP contribution in [0.3, 0.4) is 0 Å². The van der Waals surface area contributed by atoms with Crippen molar-refractivity contribution in [2.24, 2.45) is 0 Å². The number of hydrogen-bond acceptors (Lipinski definition) is 0. The lowest BCUT2D eigenvalue weighted by atomic mass is 10.1. The molecule has 0 amide bonds. The molecule has 0 aliphatic rings. The minimum Gasteiger partial charge on any atom is -0.103 e. The van der Waals surface area contributed by atoms with Crippen molar-refractivity contribution < 1.29 is 0 Å². The van der Waals surface area contributed by atoms with Gasteiger partial charge in [-0.15, -0.1) is 6.58 Å². The molecule has 0 aromatic heterocycles. The Labute approximate surface area is 89.4 Å². The summed E-state index contributed by atoms with van der Waals surface area (Å²) in [5.74, 6) is 0. The highest BCUT2D eigenvalue weighted by Gasteiger charge is 1.84. The molecule has 0 bridgehead atoms. The normalized spacial score (nSPS) is 11.5. The predicted octanol–water partition coefficient (Wildman–Crippen LogP) is 5.04. The van der Waals surface area contributed by atoms with Gasteiger partial charge in [-0.1, -0.05) is 43.7 Å². The van der Waals surface area contributed by atoms with E-state index in [2.05, 4.69) is 37.8 Å². The Bertz CT molecular complexity index is 163. The van der Waals surface area contributed by atoms with Crippen LogP contribution in [0.1, 0.15) is 51.9 Å². The topological polar surface area (TPSA) is 0 Å². The highest BCUT2D eigenvalue weighted by atomic mass is 13.9. The summed E-state index contributed by atoms with van der Waals surface area (Å²) in [4.78, 5) is 0. The standard InChI is InChI=1S/C14H24/c1-3-5-7-9-11-13-14-12-10-8-6-4-2/h3,6,8,12,14H,1,4-5,7,9-11,13H2,2H3. The maximum atomic E-state index is 3.71. The molecule has 14 heavy (non-hydrogen) atoms. The second kappa shape index (κ2) is 12.2. The smallest absolute Gasteiger partial charge is 0.0169 e. The van der Waals surface area contributed by atoms with Crippen LogP contribution in [0, 0.1) is 0 Å². The summed E-state index contributed by atoms with van der Waals surface area (Å²) < 4.78 is 0. The zero-order valence-electron chi connectivity index (χ0n) is 9.54. The molecule has 0 aliphatic carbocycles. The first-order valence-electron chi connectivity index (χ1n) is 5.82. The Kier molecular flexibility index (Phi) is 11.5. The first kappa shape index (κ1) is 13.2. The molecule has 0 radical (unpaired) electrons. The molecule has 0 rings (SSSR count). The molecule has 80 valence electrons. The van der Waals surface area contributed by atoms with E-state index in [1.807, 2.05) is 6.08 Å². The average molecular weight is 192 g/mol. The van der Waals surface area contributed by atoms with Gasteiger partial charge in [-0.25, -0.2) is 0 Å². The fourth-order valence-electron chi connectivity index (χ4n) is 1.28. The van der Waals surface area contributed by atoms with Crippen LogP contribution >= 0.6 is 0 Å². The van der Waals surface area contributed by atoms with E-state index >= 15 is 0 Å². The van der Waals surface area contributed by atoms with E-state index in [0.717, 1.165) is 12.8 Å². The second-order valence-electron chi connectivity index (χ2n) is 3.51. The van der Waals surface area contributed by atoms with Gasteiger partial charge in [0, 0.05) is 0 Å². The van der Waals surface area contributed by atoms with E-state index < -0.39 is 0 Å². The summed E-state index contributed by atoms with van der Waals surface area (Å²) >= 11 is 0. The van der Waals surface area contributed by atoms with Crippen LogP contribution in [0.4, 0.5) is 0 Å². The summed E-state index contributed by atoms with van der Waals surface area (Å²) in [5.41, 5.74) is 0. The lowest BCUT2D eigenvalue weighted by Crippen LogP contribution is -1.74. The van der Waals surface area contributed by atoms with Gasteiger partial charge in [-0.05, 0) is 38.5 Å². The summed E-state index contributed by atoms with van der Waals surface area (Å²) in [7, 11) is 0. The Morgan fingerprint density at radius 2 is 1.57 bits per heavy atom. The van der Waals surface area contributed by atoms with Gasteiger partial charge in [-0.2, -0.15) is 0 Å². The zero-order valence-corrected chi connectivity index (χ0v) is 9.54. The van der Waals surface area contributed by atoms with Gasteiger partial charge in [0.25, 0.3) is 0 Å². The SMILES string of the molecule is C=CCCCCCC=CCC=CCC. The maximum Gasteiger partial charge on any atom is -0.0169 e. The fourth-order valence-corrected chi connectivity index (χ4v) is 1.28. The first-order valence-corrected chi connectivity index (χ1v) is 5.82. The molecular weight excluding hydrogens is 168 g/mol. The van der Waals surface area contributed by atoms with Crippen LogP contribution in [0.2, 0.25) is 0 Å². The average Bonchev–Trinajstić information content (AvgIpc) is 2.21. The summed E-state index contributed by atoms with van der Waals surface area (Å²) in [6.07, 6.45) is 19.6. The van der Waals surface area contributed by atoms with Crippen LogP contribution in [0.5, 0.6) is 0 Å². The largest absolute Gasteiger partial charge is 0.103 e. The van der Waals surface area contributed by atoms with Crippen LogP contribution in [-0.4, -0.2) is 0 Å². The Morgan fingerprint density at radius 1 is 0.857 bits per heavy atom. The molecular formula is C14H24. The van der Waals surface area contributed by atoms with Crippen molar-refractivity contribution in [1.82, 2.24) is 0 Å². The van der Waals surface area contributed by atoms with Crippen molar-refractivity contribution in [2.75, 3.05) is 0 Å². The molecule has 0 aliphatic heterocycles. The molecule has 0 saturated heterocycles. The van der Waals surface area contributed by atoms with Crippen LogP contribution in [0.25, 0.3) is 0 Å². The zero-order chi connectivity index (χ0) is 10.5. The summed E-state index contributed by atoms with van der Waals surface area (Å²) in [6, 6.07) is 0. The van der Waals surface area contributed by atoms with Crippen molar-refractivity contribution in [2.45, 2.75) is 51.9 Å². The summed E-state index contributed by atoms with van der Waals surface area (Å²) in [5, 5.41) is 0. The number of hydrogen-bond donors (Lipinski definition) is 0. The molecule has 0 aromatic carbocycles. The monoisotopic (exact) mass is 192 g/mol. The molecule has 0 nitrogen and oxygen atoms in total. The van der Waals surface area contributed by atoms with E-state index in [-0.39, 0.29) is 0 Å². The van der Waals surface area contributed by atoms with Crippen molar-refractivity contribution in [3.8, 4) is 0 Å². The third kappa shape index (κ3) is 11.2. The van der Waals surface area contributed by atoms with Crippen LogP contribution in [-0.2, 0) is 0 Å². The van der Waals surface area contributed by atoms with Gasteiger partial charge in [0.05, 0.1) is 0 Å². The Balaban J connectivity index is 3.10. The number of rotatable bonds is 9. The molecule has 0 heteroatoms. The highest BCUT2D eigenvalue weighted by Crippen LogP contribution is 2.04. The Hall–Kier alpha value is -0.780. The summed E-state index contributed by atoms with van der Waals surface area (Å²) in [6.45, 7) is 5.88. The first-order chi connectivity index (χ1) is 6.91. The van der Waals surface area contributed by atoms with Gasteiger partial charge < -0.3 is 0 Å². The lowest BCUT2D eigenvalue weighted by Gasteiger charge is -1.94. The maximum absolute atomic E-state index is 3.71. The fraction of sp³-hybridized carbons (Fsp3) is 0.571. The molecule has 0 N–H and O–H groups in total. The van der Waals surface area contributed by atoms with Crippen LogP contribution < -0.4 is 0 Å². The molecule has 0 fully saturated rings. The molecule has 0 aromatic rings.